The van der Waals surface area contributed by atoms with Crippen molar-refractivity contribution in [3.63, 3.8) is 0 Å². The molecule has 0 unspecified atom stereocenters. The fourth-order valence-electron chi connectivity index (χ4n) is 4.28. The second kappa shape index (κ2) is 11.6. The van der Waals surface area contributed by atoms with Crippen LogP contribution in [0.4, 0.5) is 13.2 Å². The van der Waals surface area contributed by atoms with Crippen LogP contribution < -0.4 is 0 Å². The minimum atomic E-state index is -4.42. The molecule has 8 heteroatoms. The smallest absolute Gasteiger partial charge is 0.416 e. The molecule has 0 radical (unpaired) electrons. The predicted molar refractivity (Wildman–Crippen MR) is 139 cm³/mol. The molecule has 3 aromatic carbocycles. The van der Waals surface area contributed by atoms with Crippen LogP contribution in [0.2, 0.25) is 0 Å². The number of hydrogen-bond donors (Lipinski definition) is 0. The lowest BCUT2D eigenvalue weighted by Gasteiger charge is -2.23. The van der Waals surface area contributed by atoms with Crippen LogP contribution in [0.3, 0.4) is 0 Å². The molecule has 0 atom stereocenters. The number of aryl methyl sites for hydroxylation is 2. The predicted octanol–water partition coefficient (Wildman–Crippen LogP) is 6.78. The summed E-state index contributed by atoms with van der Waals surface area (Å²) in [6.07, 6.45) is -3.09. The lowest BCUT2D eigenvalue weighted by molar-refractivity contribution is -0.137. The van der Waals surface area contributed by atoms with Gasteiger partial charge in [-0.25, -0.2) is 4.98 Å². The van der Waals surface area contributed by atoms with Gasteiger partial charge in [-0.15, -0.1) is 0 Å². The highest BCUT2D eigenvalue weighted by Crippen LogP contribution is 2.30. The molecule has 0 fully saturated rings. The molecule has 0 spiro atoms. The van der Waals surface area contributed by atoms with Gasteiger partial charge in [-0.1, -0.05) is 72.3 Å². The van der Waals surface area contributed by atoms with Crippen molar-refractivity contribution in [2.45, 2.75) is 46.2 Å². The van der Waals surface area contributed by atoms with Gasteiger partial charge in [-0.2, -0.15) is 13.2 Å². The van der Waals surface area contributed by atoms with Gasteiger partial charge in [0.15, 0.2) is 5.69 Å². The van der Waals surface area contributed by atoms with Gasteiger partial charge in [0.1, 0.15) is 6.26 Å². The van der Waals surface area contributed by atoms with Gasteiger partial charge in [-0.05, 0) is 42.2 Å². The van der Waals surface area contributed by atoms with Crippen LogP contribution in [-0.4, -0.2) is 27.7 Å². The highest BCUT2D eigenvalue weighted by atomic mass is 19.4. The number of benzene rings is 3. The molecule has 198 valence electrons. The number of rotatable bonds is 9. The first-order valence-electron chi connectivity index (χ1n) is 12.3. The Labute approximate surface area is 220 Å². The van der Waals surface area contributed by atoms with Crippen molar-refractivity contribution >= 4 is 5.91 Å². The third-order valence-electron chi connectivity index (χ3n) is 6.30. The number of alkyl halides is 3. The Kier molecular flexibility index (Phi) is 8.32. The number of carbonyl (C=O) groups excluding carboxylic acids is 1. The average molecular weight is 522 g/mol. The largest absolute Gasteiger partial charge is 0.447 e. The summed E-state index contributed by atoms with van der Waals surface area (Å²) < 4.78 is 45.6. The van der Waals surface area contributed by atoms with E-state index < -0.39 is 11.7 Å². The fraction of sp³-hybridized carbons (Fsp3) is 0.267. The van der Waals surface area contributed by atoms with Crippen molar-refractivity contribution in [3.05, 3.63) is 124 Å². The summed E-state index contributed by atoms with van der Waals surface area (Å²) >= 11 is 0. The van der Waals surface area contributed by atoms with E-state index in [1.807, 2.05) is 61.2 Å². The van der Waals surface area contributed by atoms with Gasteiger partial charge < -0.3 is 9.32 Å². The molecule has 5 nitrogen and oxygen atoms in total. The molecule has 38 heavy (non-hydrogen) atoms. The first-order valence-corrected chi connectivity index (χ1v) is 12.3. The second-order valence-corrected chi connectivity index (χ2v) is 9.55. The molecule has 0 aliphatic carbocycles. The van der Waals surface area contributed by atoms with E-state index in [0.717, 1.165) is 28.3 Å². The molecule has 1 amide bonds. The molecule has 0 aliphatic rings. The number of nitrogens with zero attached hydrogens (tertiary/aromatic N) is 3. The first kappa shape index (κ1) is 27.1. The summed E-state index contributed by atoms with van der Waals surface area (Å²) in [5, 5.41) is 0. The van der Waals surface area contributed by atoms with Gasteiger partial charge in [0, 0.05) is 26.7 Å². The lowest BCUT2D eigenvalue weighted by atomic mass is 10.0. The molecule has 1 aromatic heterocycles. The summed E-state index contributed by atoms with van der Waals surface area (Å²) in [4.78, 5) is 20.9. The van der Waals surface area contributed by atoms with E-state index in [0.29, 0.717) is 24.5 Å². The maximum absolute atomic E-state index is 13.3. The van der Waals surface area contributed by atoms with Gasteiger partial charge >= 0.3 is 6.18 Å². The van der Waals surface area contributed by atoms with Crippen molar-refractivity contribution in [1.82, 2.24) is 14.8 Å². The number of halogens is 3. The van der Waals surface area contributed by atoms with Crippen molar-refractivity contribution in [1.29, 1.82) is 0 Å². The van der Waals surface area contributed by atoms with Crippen molar-refractivity contribution in [3.8, 4) is 0 Å². The SMILES string of the molecule is Cc1ccc(C)c(CN(Cc2cccc(C(F)(F)F)c2)Cc2nc(C(=O)N(C)Cc3ccccc3)co2)c1. The Bertz CT molecular complexity index is 1380. The van der Waals surface area contributed by atoms with E-state index in [1.165, 1.54) is 18.4 Å². The van der Waals surface area contributed by atoms with Crippen LogP contribution in [0.25, 0.3) is 0 Å². The number of oxazole rings is 1. The standard InChI is InChI=1S/C30H30F3N3O2/c1-21-12-13-22(2)25(14-21)18-36(17-24-10-7-11-26(15-24)30(31,32)33)19-28-34-27(20-38-28)29(37)35(3)16-23-8-5-4-6-9-23/h4-15,20H,16-19H2,1-3H3. The summed E-state index contributed by atoms with van der Waals surface area (Å²) in [6.45, 7) is 5.37. The lowest BCUT2D eigenvalue weighted by Crippen LogP contribution is -2.27. The molecule has 4 aromatic rings. The van der Waals surface area contributed by atoms with Crippen LogP contribution >= 0.6 is 0 Å². The van der Waals surface area contributed by atoms with Crippen molar-refractivity contribution in [2.75, 3.05) is 7.05 Å². The number of amides is 1. The molecule has 0 bridgehead atoms. The van der Waals surface area contributed by atoms with Gasteiger partial charge in [0.2, 0.25) is 5.89 Å². The summed E-state index contributed by atoms with van der Waals surface area (Å²) in [5.74, 6) is 0.0431. The third-order valence-corrected chi connectivity index (χ3v) is 6.30. The highest BCUT2D eigenvalue weighted by molar-refractivity contribution is 5.91. The molecule has 0 saturated heterocycles. The Balaban J connectivity index is 1.53. The van der Waals surface area contributed by atoms with E-state index in [9.17, 15) is 18.0 Å². The number of aromatic nitrogens is 1. The zero-order valence-corrected chi connectivity index (χ0v) is 21.6. The second-order valence-electron chi connectivity index (χ2n) is 9.55. The zero-order valence-electron chi connectivity index (χ0n) is 21.6. The normalized spacial score (nSPS) is 11.7. The molecule has 0 aliphatic heterocycles. The van der Waals surface area contributed by atoms with E-state index in [4.69, 9.17) is 4.42 Å². The van der Waals surface area contributed by atoms with Crippen LogP contribution in [-0.2, 0) is 32.4 Å². The molecular formula is C30H30F3N3O2. The topological polar surface area (TPSA) is 49.6 Å². The Morgan fingerprint density at radius 1 is 0.868 bits per heavy atom. The minimum absolute atomic E-state index is 0.184. The Hall–Kier alpha value is -3.91. The molecule has 0 N–H and O–H groups in total. The van der Waals surface area contributed by atoms with Crippen LogP contribution in [0.5, 0.6) is 0 Å². The highest BCUT2D eigenvalue weighted by Gasteiger charge is 2.30. The number of carbonyl (C=O) groups is 1. The Morgan fingerprint density at radius 2 is 1.61 bits per heavy atom. The molecule has 4 rings (SSSR count). The minimum Gasteiger partial charge on any atom is -0.447 e. The molecular weight excluding hydrogens is 491 g/mol. The van der Waals surface area contributed by atoms with E-state index in [1.54, 1.807) is 18.0 Å². The van der Waals surface area contributed by atoms with Crippen LogP contribution in [0.1, 0.15) is 49.8 Å². The summed E-state index contributed by atoms with van der Waals surface area (Å²) in [6, 6.07) is 21.1. The van der Waals surface area contributed by atoms with Crippen molar-refractivity contribution in [2.24, 2.45) is 0 Å². The summed E-state index contributed by atoms with van der Waals surface area (Å²) in [7, 11) is 1.70. The monoisotopic (exact) mass is 521 g/mol. The third kappa shape index (κ3) is 7.10. The Morgan fingerprint density at radius 3 is 2.34 bits per heavy atom. The van der Waals surface area contributed by atoms with Gasteiger partial charge in [-0.3, -0.25) is 9.69 Å². The maximum atomic E-state index is 13.3. The first-order chi connectivity index (χ1) is 18.1. The average Bonchev–Trinajstić information content (AvgIpc) is 3.34. The van der Waals surface area contributed by atoms with Gasteiger partial charge in [0.25, 0.3) is 5.91 Å². The molecule has 1 heterocycles. The zero-order chi connectivity index (χ0) is 27.3. The summed E-state index contributed by atoms with van der Waals surface area (Å²) in [5.41, 5.74) is 4.24. The van der Waals surface area contributed by atoms with Crippen LogP contribution in [0.15, 0.2) is 83.5 Å². The quantitative estimate of drug-likeness (QED) is 0.244. The van der Waals surface area contributed by atoms with E-state index in [-0.39, 0.29) is 24.7 Å². The fourth-order valence-corrected chi connectivity index (χ4v) is 4.28. The van der Waals surface area contributed by atoms with E-state index >= 15 is 0 Å². The number of hydrogen-bond acceptors (Lipinski definition) is 4. The van der Waals surface area contributed by atoms with Crippen LogP contribution in [0, 0.1) is 13.8 Å². The van der Waals surface area contributed by atoms with Crippen molar-refractivity contribution < 1.29 is 22.4 Å². The van der Waals surface area contributed by atoms with Gasteiger partial charge in [0.05, 0.1) is 12.1 Å². The molecule has 0 saturated carbocycles. The van der Waals surface area contributed by atoms with E-state index in [2.05, 4.69) is 11.1 Å². The maximum Gasteiger partial charge on any atom is 0.416 e.